The number of hydrogen-bond donors (Lipinski definition) is 1. The molecule has 0 aliphatic rings. The van der Waals surface area contributed by atoms with E-state index in [-0.39, 0.29) is 12.5 Å². The van der Waals surface area contributed by atoms with Crippen LogP contribution in [0.1, 0.15) is 21.8 Å². The second-order valence-electron chi connectivity index (χ2n) is 6.42. The first-order valence-electron chi connectivity index (χ1n) is 8.89. The third-order valence-corrected chi connectivity index (χ3v) is 5.83. The van der Waals surface area contributed by atoms with E-state index in [1.165, 1.54) is 18.4 Å². The van der Waals surface area contributed by atoms with Gasteiger partial charge in [0.05, 0.1) is 19.0 Å². The molecule has 0 spiro atoms. The van der Waals surface area contributed by atoms with Crippen molar-refractivity contribution in [3.05, 3.63) is 52.3 Å². The lowest BCUT2D eigenvalue weighted by atomic mass is 10.1. The predicted molar refractivity (Wildman–Crippen MR) is 115 cm³/mol. The summed E-state index contributed by atoms with van der Waals surface area (Å²) in [6.45, 7) is 5.77. The van der Waals surface area contributed by atoms with Crippen LogP contribution in [-0.4, -0.2) is 34.8 Å². The average Bonchev–Trinajstić information content (AvgIpc) is 3.09. The number of amides is 1. The zero-order chi connectivity index (χ0) is 20.8. The molecule has 0 aliphatic carbocycles. The maximum absolute atomic E-state index is 12.3. The van der Waals surface area contributed by atoms with E-state index in [4.69, 9.17) is 9.47 Å². The van der Waals surface area contributed by atoms with Crippen LogP contribution in [0.15, 0.2) is 34.8 Å². The highest BCUT2D eigenvalue weighted by Gasteiger charge is 2.12. The molecule has 0 saturated heterocycles. The lowest BCUT2D eigenvalue weighted by Gasteiger charge is -2.12. The Hall–Kier alpha value is -2.65. The van der Waals surface area contributed by atoms with Crippen molar-refractivity contribution in [3.8, 4) is 11.5 Å². The van der Waals surface area contributed by atoms with Crippen LogP contribution >= 0.6 is 23.1 Å². The number of rotatable bonds is 8. The highest BCUT2D eigenvalue weighted by molar-refractivity contribution is 8.00. The van der Waals surface area contributed by atoms with Gasteiger partial charge in [-0.2, -0.15) is 0 Å². The summed E-state index contributed by atoms with van der Waals surface area (Å²) in [6.07, 6.45) is 1.60. The van der Waals surface area contributed by atoms with Crippen molar-refractivity contribution in [1.82, 2.24) is 15.2 Å². The minimum atomic E-state index is -0.242. The zero-order valence-electron chi connectivity index (χ0n) is 16.7. The van der Waals surface area contributed by atoms with Gasteiger partial charge < -0.3 is 14.8 Å². The van der Waals surface area contributed by atoms with Gasteiger partial charge in [-0.15, -0.1) is 10.2 Å². The second-order valence-corrected chi connectivity index (χ2v) is 8.82. The van der Waals surface area contributed by atoms with Gasteiger partial charge in [-0.1, -0.05) is 29.2 Å². The summed E-state index contributed by atoms with van der Waals surface area (Å²) in [5.41, 5.74) is 3.73. The number of hydrogen-bond acceptors (Lipinski definition) is 8. The molecule has 2 heterocycles. The summed E-state index contributed by atoms with van der Waals surface area (Å²) in [4.78, 5) is 16.7. The molecule has 29 heavy (non-hydrogen) atoms. The normalized spacial score (nSPS) is 10.6. The van der Waals surface area contributed by atoms with Gasteiger partial charge in [-0.3, -0.25) is 9.78 Å². The van der Waals surface area contributed by atoms with Gasteiger partial charge in [-0.05, 0) is 44.0 Å². The Bertz CT molecular complexity index is 987. The minimum Gasteiger partial charge on any atom is -0.491 e. The van der Waals surface area contributed by atoms with E-state index in [9.17, 15) is 4.79 Å². The van der Waals surface area contributed by atoms with Crippen molar-refractivity contribution in [1.29, 1.82) is 0 Å². The van der Waals surface area contributed by atoms with Crippen LogP contribution in [0.25, 0.3) is 0 Å². The molecular weight excluding hydrogens is 408 g/mol. The van der Waals surface area contributed by atoms with Gasteiger partial charge in [-0.25, -0.2) is 0 Å². The number of ether oxygens (including phenoxy) is 2. The first-order valence-corrected chi connectivity index (χ1v) is 10.7. The third-order valence-electron chi connectivity index (χ3n) is 3.82. The topological polar surface area (TPSA) is 86.2 Å². The van der Waals surface area contributed by atoms with E-state index >= 15 is 0 Å². The molecular formula is C20H22N4O3S2. The number of aromatic nitrogens is 3. The monoisotopic (exact) mass is 430 g/mol. The Balaban J connectivity index is 1.61. The summed E-state index contributed by atoms with van der Waals surface area (Å²) in [7, 11) is 1.54. The number of pyridine rings is 1. The van der Waals surface area contributed by atoms with E-state index in [1.54, 1.807) is 24.0 Å². The SMILES string of the molecule is COc1cnc(CSc2nnc(C)s2)cc1OCC(=O)Nc1cc(C)cc(C)c1. The van der Waals surface area contributed by atoms with Gasteiger partial charge in [0.25, 0.3) is 5.91 Å². The highest BCUT2D eigenvalue weighted by atomic mass is 32.2. The Morgan fingerprint density at radius 3 is 2.52 bits per heavy atom. The molecule has 0 atom stereocenters. The Kier molecular flexibility index (Phi) is 7.05. The number of nitrogens with zero attached hydrogens (tertiary/aromatic N) is 3. The van der Waals surface area contributed by atoms with Gasteiger partial charge in [0, 0.05) is 17.5 Å². The highest BCUT2D eigenvalue weighted by Crippen LogP contribution is 2.30. The fourth-order valence-corrected chi connectivity index (χ4v) is 4.39. The number of benzene rings is 1. The summed E-state index contributed by atoms with van der Waals surface area (Å²) in [5.74, 6) is 1.32. The maximum atomic E-state index is 12.3. The van der Waals surface area contributed by atoms with Crippen molar-refractivity contribution in [2.45, 2.75) is 30.9 Å². The molecule has 0 saturated carbocycles. The Labute approximate surface area is 177 Å². The van der Waals surface area contributed by atoms with Crippen LogP contribution < -0.4 is 14.8 Å². The maximum Gasteiger partial charge on any atom is 0.262 e. The van der Waals surface area contributed by atoms with Crippen molar-refractivity contribution < 1.29 is 14.3 Å². The summed E-state index contributed by atoms with van der Waals surface area (Å²) in [6, 6.07) is 7.67. The van der Waals surface area contributed by atoms with Gasteiger partial charge >= 0.3 is 0 Å². The van der Waals surface area contributed by atoms with Crippen LogP contribution in [-0.2, 0) is 10.5 Å². The number of carbonyl (C=O) groups is 1. The van der Waals surface area contributed by atoms with Gasteiger partial charge in [0.1, 0.15) is 5.01 Å². The van der Waals surface area contributed by atoms with Gasteiger partial charge in [0.2, 0.25) is 0 Å². The molecule has 0 radical (unpaired) electrons. The van der Waals surface area contributed by atoms with Crippen LogP contribution in [0.4, 0.5) is 5.69 Å². The molecule has 0 bridgehead atoms. The fraction of sp³-hybridized carbons (Fsp3) is 0.300. The van der Waals surface area contributed by atoms with Crippen LogP contribution in [0.2, 0.25) is 0 Å². The molecule has 2 aromatic heterocycles. The lowest BCUT2D eigenvalue weighted by molar-refractivity contribution is -0.118. The fourth-order valence-electron chi connectivity index (χ4n) is 2.67. The summed E-state index contributed by atoms with van der Waals surface area (Å²) >= 11 is 3.09. The van der Waals surface area contributed by atoms with E-state index in [0.717, 1.165) is 31.9 Å². The minimum absolute atomic E-state index is 0.129. The molecule has 1 aromatic carbocycles. The smallest absolute Gasteiger partial charge is 0.262 e. The molecule has 3 rings (SSSR count). The van der Waals surface area contributed by atoms with E-state index in [2.05, 4.69) is 26.6 Å². The number of thioether (sulfide) groups is 1. The molecule has 1 amide bonds. The molecule has 152 valence electrons. The Morgan fingerprint density at radius 1 is 1.10 bits per heavy atom. The molecule has 7 nitrogen and oxygen atoms in total. The van der Waals surface area contributed by atoms with Crippen molar-refractivity contribution in [2.24, 2.45) is 0 Å². The molecule has 1 N–H and O–H groups in total. The Morgan fingerprint density at radius 2 is 1.86 bits per heavy atom. The second kappa shape index (κ2) is 9.71. The lowest BCUT2D eigenvalue weighted by Crippen LogP contribution is -2.20. The molecule has 0 unspecified atom stereocenters. The van der Waals surface area contributed by atoms with Crippen LogP contribution in [0, 0.1) is 20.8 Å². The summed E-state index contributed by atoms with van der Waals surface area (Å²) in [5, 5.41) is 11.9. The van der Waals surface area contributed by atoms with Gasteiger partial charge in [0.15, 0.2) is 22.4 Å². The van der Waals surface area contributed by atoms with E-state index in [1.807, 2.05) is 32.9 Å². The number of nitrogens with one attached hydrogen (secondary N) is 1. The number of carbonyl (C=O) groups excluding carboxylic acids is 1. The first kappa shape index (κ1) is 21.1. The van der Waals surface area contributed by atoms with Crippen molar-refractivity contribution >= 4 is 34.7 Å². The largest absolute Gasteiger partial charge is 0.491 e. The first-order chi connectivity index (χ1) is 13.9. The van der Waals surface area contributed by atoms with Crippen molar-refractivity contribution in [3.63, 3.8) is 0 Å². The number of anilines is 1. The van der Waals surface area contributed by atoms with Crippen LogP contribution in [0.3, 0.4) is 0 Å². The quantitative estimate of drug-likeness (QED) is 0.537. The van der Waals surface area contributed by atoms with Crippen molar-refractivity contribution in [2.75, 3.05) is 19.0 Å². The predicted octanol–water partition coefficient (Wildman–Crippen LogP) is 4.18. The average molecular weight is 431 g/mol. The molecule has 0 aliphatic heterocycles. The summed E-state index contributed by atoms with van der Waals surface area (Å²) < 4.78 is 11.9. The standard InChI is InChI=1S/C20H22N4O3S2/c1-12-5-13(2)7-15(6-12)22-19(25)10-27-17-8-16(21-9-18(17)26-4)11-28-20-24-23-14(3)29-20/h5-9H,10-11H2,1-4H3,(H,22,25). The number of aryl methyl sites for hydroxylation is 3. The number of methoxy groups -OCH3 is 1. The van der Waals surface area contributed by atoms with Crippen LogP contribution in [0.5, 0.6) is 11.5 Å². The molecule has 0 fully saturated rings. The van der Waals surface area contributed by atoms with E-state index in [0.29, 0.717) is 17.3 Å². The van der Waals surface area contributed by atoms with E-state index < -0.39 is 0 Å². The molecule has 9 heteroatoms. The third kappa shape index (κ3) is 6.16. The molecule has 3 aromatic rings. The zero-order valence-corrected chi connectivity index (χ0v) is 18.3.